The Hall–Kier alpha value is -1.35. The van der Waals surface area contributed by atoms with E-state index >= 15 is 0 Å². The van der Waals surface area contributed by atoms with Crippen LogP contribution in [-0.4, -0.2) is 36.0 Å². The molecule has 1 heterocycles. The van der Waals surface area contributed by atoms with Crippen LogP contribution in [0, 0.1) is 13.8 Å². The van der Waals surface area contributed by atoms with E-state index in [-0.39, 0.29) is 5.91 Å². The van der Waals surface area contributed by atoms with Crippen LogP contribution >= 0.6 is 0 Å². The molecular weight excluding hydrogens is 236 g/mol. The molecule has 2 fully saturated rings. The van der Waals surface area contributed by atoms with E-state index in [1.807, 2.05) is 12.1 Å². The number of fused-ring (bicyclic) bond motifs is 1. The fourth-order valence-corrected chi connectivity index (χ4v) is 3.38. The van der Waals surface area contributed by atoms with Crippen LogP contribution in [0.1, 0.15) is 40.7 Å². The maximum absolute atomic E-state index is 12.7. The van der Waals surface area contributed by atoms with Gasteiger partial charge in [-0.1, -0.05) is 6.07 Å². The molecule has 1 aliphatic carbocycles. The summed E-state index contributed by atoms with van der Waals surface area (Å²) in [6.45, 7) is 5.92. The molecule has 3 rings (SSSR count). The largest absolute Gasteiger partial charge is 0.333 e. The zero-order valence-electron chi connectivity index (χ0n) is 11.8. The van der Waals surface area contributed by atoms with E-state index in [0.29, 0.717) is 12.1 Å². The normalized spacial score (nSPS) is 26.3. The van der Waals surface area contributed by atoms with Gasteiger partial charge in [-0.25, -0.2) is 0 Å². The van der Waals surface area contributed by atoms with E-state index in [0.717, 1.165) is 25.1 Å². The Balaban J connectivity index is 1.84. The Kier molecular flexibility index (Phi) is 3.31. The molecule has 0 bridgehead atoms. The van der Waals surface area contributed by atoms with Crippen molar-refractivity contribution in [2.24, 2.45) is 0 Å². The quantitative estimate of drug-likeness (QED) is 0.838. The fraction of sp³-hybridized carbons (Fsp3) is 0.562. The molecule has 1 aliphatic heterocycles. The lowest BCUT2D eigenvalue weighted by atomic mass is 10.0. The molecule has 1 N–H and O–H groups in total. The average molecular weight is 258 g/mol. The van der Waals surface area contributed by atoms with Crippen molar-refractivity contribution in [3.05, 3.63) is 34.9 Å². The van der Waals surface area contributed by atoms with Crippen LogP contribution in [0.2, 0.25) is 0 Å². The Labute approximate surface area is 115 Å². The number of hydrogen-bond acceptors (Lipinski definition) is 2. The molecule has 0 aromatic heterocycles. The first-order valence-corrected chi connectivity index (χ1v) is 7.28. The molecule has 3 nitrogen and oxygen atoms in total. The van der Waals surface area contributed by atoms with Gasteiger partial charge in [0.05, 0.1) is 0 Å². The van der Waals surface area contributed by atoms with Gasteiger partial charge in [0.2, 0.25) is 0 Å². The topological polar surface area (TPSA) is 32.3 Å². The molecule has 2 unspecified atom stereocenters. The number of carbonyl (C=O) groups is 1. The van der Waals surface area contributed by atoms with Crippen molar-refractivity contribution < 1.29 is 4.79 Å². The van der Waals surface area contributed by atoms with Gasteiger partial charge in [0.25, 0.3) is 5.91 Å². The third-order valence-electron chi connectivity index (χ3n) is 4.65. The van der Waals surface area contributed by atoms with Gasteiger partial charge in [-0.05, 0) is 56.4 Å². The van der Waals surface area contributed by atoms with Crippen LogP contribution in [0.4, 0.5) is 0 Å². The van der Waals surface area contributed by atoms with Crippen LogP contribution in [0.5, 0.6) is 0 Å². The van der Waals surface area contributed by atoms with Gasteiger partial charge in [0, 0.05) is 30.7 Å². The molecule has 0 radical (unpaired) electrons. The molecule has 2 atom stereocenters. The highest BCUT2D eigenvalue weighted by molar-refractivity contribution is 5.94. The van der Waals surface area contributed by atoms with Gasteiger partial charge in [-0.3, -0.25) is 4.79 Å². The summed E-state index contributed by atoms with van der Waals surface area (Å²) in [7, 11) is 0. The van der Waals surface area contributed by atoms with Gasteiger partial charge < -0.3 is 10.2 Å². The molecule has 3 heteroatoms. The number of aryl methyl sites for hydroxylation is 2. The van der Waals surface area contributed by atoms with Crippen molar-refractivity contribution >= 4 is 5.91 Å². The Morgan fingerprint density at radius 3 is 2.89 bits per heavy atom. The number of rotatable bonds is 1. The van der Waals surface area contributed by atoms with Crippen LogP contribution in [-0.2, 0) is 0 Å². The first kappa shape index (κ1) is 12.7. The number of hydrogen-bond donors (Lipinski definition) is 1. The molecule has 1 saturated heterocycles. The highest BCUT2D eigenvalue weighted by atomic mass is 16.2. The van der Waals surface area contributed by atoms with Gasteiger partial charge in [-0.2, -0.15) is 0 Å². The van der Waals surface area contributed by atoms with Gasteiger partial charge in [0.1, 0.15) is 0 Å². The van der Waals surface area contributed by atoms with Crippen molar-refractivity contribution in [3.63, 3.8) is 0 Å². The van der Waals surface area contributed by atoms with Gasteiger partial charge in [-0.15, -0.1) is 0 Å². The smallest absolute Gasteiger partial charge is 0.254 e. The van der Waals surface area contributed by atoms with E-state index in [2.05, 4.69) is 30.1 Å². The Morgan fingerprint density at radius 1 is 1.26 bits per heavy atom. The second kappa shape index (κ2) is 4.97. The van der Waals surface area contributed by atoms with Crippen molar-refractivity contribution in [1.82, 2.24) is 10.2 Å². The van der Waals surface area contributed by atoms with Crippen LogP contribution in [0.25, 0.3) is 0 Å². The molecule has 102 valence electrons. The van der Waals surface area contributed by atoms with Gasteiger partial charge >= 0.3 is 0 Å². The minimum atomic E-state index is 0.210. The molecule has 0 spiro atoms. The number of nitrogens with one attached hydrogen (secondary N) is 1. The molecule has 1 saturated carbocycles. The summed E-state index contributed by atoms with van der Waals surface area (Å²) in [5.74, 6) is 0.210. The molecule has 19 heavy (non-hydrogen) atoms. The first-order valence-electron chi connectivity index (χ1n) is 7.28. The maximum Gasteiger partial charge on any atom is 0.254 e. The minimum Gasteiger partial charge on any atom is -0.333 e. The van der Waals surface area contributed by atoms with E-state index in [1.165, 1.54) is 24.0 Å². The number of nitrogens with zero attached hydrogens (tertiary/aromatic N) is 1. The number of benzene rings is 1. The Morgan fingerprint density at radius 2 is 2.11 bits per heavy atom. The van der Waals surface area contributed by atoms with Crippen LogP contribution < -0.4 is 5.32 Å². The highest BCUT2D eigenvalue weighted by Gasteiger charge is 2.37. The third kappa shape index (κ3) is 2.27. The lowest BCUT2D eigenvalue weighted by molar-refractivity contribution is 0.0599. The first-order chi connectivity index (χ1) is 9.16. The zero-order valence-corrected chi connectivity index (χ0v) is 11.8. The molecular formula is C16H22N2O. The van der Waals surface area contributed by atoms with Gasteiger partial charge in [0.15, 0.2) is 0 Å². The molecule has 1 aromatic rings. The fourth-order valence-electron chi connectivity index (χ4n) is 3.38. The summed E-state index contributed by atoms with van der Waals surface area (Å²) < 4.78 is 0. The monoisotopic (exact) mass is 258 g/mol. The van der Waals surface area contributed by atoms with E-state index < -0.39 is 0 Å². The third-order valence-corrected chi connectivity index (χ3v) is 4.65. The van der Waals surface area contributed by atoms with Crippen molar-refractivity contribution in [1.29, 1.82) is 0 Å². The predicted molar refractivity (Wildman–Crippen MR) is 76.4 cm³/mol. The van der Waals surface area contributed by atoms with Crippen molar-refractivity contribution in [2.45, 2.75) is 45.2 Å². The lowest BCUT2D eigenvalue weighted by Gasteiger charge is -2.38. The standard InChI is InChI=1S/C16H22N2O/c1-11-6-7-13(10-12(11)2)16(19)18-9-8-17-14-4-3-5-15(14)18/h6-7,10,14-15,17H,3-5,8-9H2,1-2H3. The number of carbonyl (C=O) groups excluding carboxylic acids is 1. The SMILES string of the molecule is Cc1ccc(C(=O)N2CCNC3CCCC32)cc1C. The van der Waals surface area contributed by atoms with Crippen LogP contribution in [0.15, 0.2) is 18.2 Å². The summed E-state index contributed by atoms with van der Waals surface area (Å²) >= 11 is 0. The minimum absolute atomic E-state index is 0.210. The van der Waals surface area contributed by atoms with E-state index in [1.54, 1.807) is 0 Å². The summed E-state index contributed by atoms with van der Waals surface area (Å²) in [5.41, 5.74) is 3.29. The summed E-state index contributed by atoms with van der Waals surface area (Å²) in [6, 6.07) is 6.98. The maximum atomic E-state index is 12.7. The predicted octanol–water partition coefficient (Wildman–Crippen LogP) is 2.27. The zero-order chi connectivity index (χ0) is 13.4. The van der Waals surface area contributed by atoms with Crippen molar-refractivity contribution in [3.8, 4) is 0 Å². The van der Waals surface area contributed by atoms with Crippen molar-refractivity contribution in [2.75, 3.05) is 13.1 Å². The molecule has 1 amide bonds. The lowest BCUT2D eigenvalue weighted by Crippen LogP contribution is -2.57. The average Bonchev–Trinajstić information content (AvgIpc) is 2.89. The number of amides is 1. The second-order valence-electron chi connectivity index (χ2n) is 5.86. The molecule has 1 aromatic carbocycles. The number of piperazine rings is 1. The Bertz CT molecular complexity index is 498. The summed E-state index contributed by atoms with van der Waals surface area (Å²) in [6.07, 6.45) is 3.59. The molecule has 2 aliphatic rings. The van der Waals surface area contributed by atoms with Crippen LogP contribution in [0.3, 0.4) is 0 Å². The summed E-state index contributed by atoms with van der Waals surface area (Å²) in [5, 5.41) is 3.54. The van der Waals surface area contributed by atoms with E-state index in [9.17, 15) is 4.79 Å². The highest BCUT2D eigenvalue weighted by Crippen LogP contribution is 2.28. The second-order valence-corrected chi connectivity index (χ2v) is 5.86. The summed E-state index contributed by atoms with van der Waals surface area (Å²) in [4.78, 5) is 14.8. The van der Waals surface area contributed by atoms with E-state index in [4.69, 9.17) is 0 Å².